The summed E-state index contributed by atoms with van der Waals surface area (Å²) in [6, 6.07) is 19.0. The molecule has 7 nitrogen and oxygen atoms in total. The lowest BCUT2D eigenvalue weighted by molar-refractivity contribution is 0.0924. The van der Waals surface area contributed by atoms with Crippen LogP contribution in [0.1, 0.15) is 36.2 Å². The maximum atomic E-state index is 13.6. The highest BCUT2D eigenvalue weighted by Crippen LogP contribution is 2.34. The van der Waals surface area contributed by atoms with Gasteiger partial charge in [0.1, 0.15) is 5.75 Å². The topological polar surface area (TPSA) is 92.8 Å². The van der Waals surface area contributed by atoms with Crippen molar-refractivity contribution in [3.8, 4) is 28.4 Å². The number of hydrogen-bond donors (Lipinski definition) is 3. The molecule has 0 aliphatic heterocycles. The van der Waals surface area contributed by atoms with Crippen molar-refractivity contribution in [3.63, 3.8) is 0 Å². The van der Waals surface area contributed by atoms with Crippen LogP contribution in [0.4, 0.5) is 0 Å². The predicted molar refractivity (Wildman–Crippen MR) is 146 cm³/mol. The molecule has 3 aromatic carbocycles. The summed E-state index contributed by atoms with van der Waals surface area (Å²) in [6.45, 7) is 3.82. The fourth-order valence-electron chi connectivity index (χ4n) is 4.47. The van der Waals surface area contributed by atoms with E-state index < -0.39 is 0 Å². The zero-order chi connectivity index (χ0) is 26.4. The van der Waals surface area contributed by atoms with Gasteiger partial charge in [-0.3, -0.25) is 4.79 Å². The smallest absolute Gasteiger partial charge is 0.255 e. The van der Waals surface area contributed by atoms with Gasteiger partial charge in [0.05, 0.1) is 25.9 Å². The maximum Gasteiger partial charge on any atom is 0.255 e. The largest absolute Gasteiger partial charge is 0.493 e. The van der Waals surface area contributed by atoms with E-state index in [0.717, 1.165) is 27.6 Å². The minimum Gasteiger partial charge on any atom is -0.493 e. The number of rotatable bonds is 11. The van der Waals surface area contributed by atoms with E-state index in [4.69, 9.17) is 14.2 Å². The Bertz CT molecular complexity index is 1360. The maximum absolute atomic E-state index is 13.6. The first-order valence-electron chi connectivity index (χ1n) is 12.4. The molecule has 1 atom stereocenters. The van der Waals surface area contributed by atoms with Crippen molar-refractivity contribution >= 4 is 16.8 Å². The first-order chi connectivity index (χ1) is 17.9. The van der Waals surface area contributed by atoms with Crippen molar-refractivity contribution in [2.24, 2.45) is 0 Å². The highest BCUT2D eigenvalue weighted by molar-refractivity contribution is 5.98. The van der Waals surface area contributed by atoms with Gasteiger partial charge in [0.2, 0.25) is 0 Å². The number of para-hydroxylation sites is 1. The molecule has 4 aromatic rings. The zero-order valence-electron chi connectivity index (χ0n) is 21.7. The molecule has 194 valence electrons. The van der Waals surface area contributed by atoms with E-state index in [1.165, 1.54) is 0 Å². The molecule has 0 spiro atoms. The van der Waals surface area contributed by atoms with Gasteiger partial charge in [0.25, 0.3) is 5.91 Å². The van der Waals surface area contributed by atoms with Crippen LogP contribution >= 0.6 is 0 Å². The summed E-state index contributed by atoms with van der Waals surface area (Å²) >= 11 is 0. The second kappa shape index (κ2) is 11.8. The number of H-pyrrole nitrogens is 1. The molecule has 1 amide bonds. The highest BCUT2D eigenvalue weighted by atomic mass is 16.5. The van der Waals surface area contributed by atoms with Crippen LogP contribution < -0.4 is 19.5 Å². The molecule has 0 bridgehead atoms. The fourth-order valence-corrected chi connectivity index (χ4v) is 4.47. The average Bonchev–Trinajstić information content (AvgIpc) is 3.31. The number of carbonyl (C=O) groups is 1. The standard InChI is InChI=1S/C30H34N2O5/c1-19(2)37-27-11-9-20(21-10-12-28(35-3)29(17-21)36-4)16-25(27)30(34)32-23(13-14-33)15-22-18-31-26-8-6-5-7-24(22)26/h5-12,16-19,23,31,33H,13-15H2,1-4H3,(H,32,34)/t23-/m0/s1. The minimum atomic E-state index is -0.256. The van der Waals surface area contributed by atoms with Crippen LogP contribution in [-0.2, 0) is 6.42 Å². The molecule has 0 aliphatic carbocycles. The van der Waals surface area contributed by atoms with Gasteiger partial charge in [-0.25, -0.2) is 0 Å². The van der Waals surface area contributed by atoms with Gasteiger partial charge in [0, 0.05) is 29.7 Å². The molecule has 1 heterocycles. The number of nitrogens with one attached hydrogen (secondary N) is 2. The quantitative estimate of drug-likeness (QED) is 0.257. The number of carbonyl (C=O) groups excluding carboxylic acids is 1. The number of ether oxygens (including phenoxy) is 3. The molecule has 0 radical (unpaired) electrons. The van der Waals surface area contributed by atoms with Crippen LogP contribution in [0, 0.1) is 0 Å². The molecule has 0 fully saturated rings. The summed E-state index contributed by atoms with van der Waals surface area (Å²) in [5.74, 6) is 1.49. The van der Waals surface area contributed by atoms with Crippen LogP contribution in [0.15, 0.2) is 66.9 Å². The number of fused-ring (bicyclic) bond motifs is 1. The Labute approximate surface area is 217 Å². The Kier molecular flexibility index (Phi) is 8.36. The number of aromatic amines is 1. The lowest BCUT2D eigenvalue weighted by Gasteiger charge is -2.20. The molecule has 4 rings (SSSR count). The molecule has 0 unspecified atom stereocenters. The highest BCUT2D eigenvalue weighted by Gasteiger charge is 2.21. The summed E-state index contributed by atoms with van der Waals surface area (Å²) in [7, 11) is 3.19. The normalized spacial score (nSPS) is 11.9. The molecule has 0 saturated carbocycles. The monoisotopic (exact) mass is 502 g/mol. The molecule has 0 saturated heterocycles. The Morgan fingerprint density at radius 1 is 0.946 bits per heavy atom. The van der Waals surface area contributed by atoms with E-state index in [2.05, 4.69) is 16.4 Å². The van der Waals surface area contributed by atoms with E-state index in [0.29, 0.717) is 35.7 Å². The molecule has 37 heavy (non-hydrogen) atoms. The van der Waals surface area contributed by atoms with Gasteiger partial charge in [-0.15, -0.1) is 0 Å². The number of hydrogen-bond acceptors (Lipinski definition) is 5. The number of aromatic nitrogens is 1. The first-order valence-corrected chi connectivity index (χ1v) is 12.4. The second-order valence-corrected chi connectivity index (χ2v) is 9.19. The Balaban J connectivity index is 1.64. The molecule has 7 heteroatoms. The van der Waals surface area contributed by atoms with Crippen molar-refractivity contribution in [3.05, 3.63) is 78.0 Å². The van der Waals surface area contributed by atoms with Gasteiger partial charge < -0.3 is 29.6 Å². The van der Waals surface area contributed by atoms with Crippen molar-refractivity contribution in [1.29, 1.82) is 0 Å². The minimum absolute atomic E-state index is 0.0334. The third kappa shape index (κ3) is 6.06. The summed E-state index contributed by atoms with van der Waals surface area (Å²) in [6.07, 6.45) is 2.89. The number of methoxy groups -OCH3 is 2. The molecule has 1 aromatic heterocycles. The summed E-state index contributed by atoms with van der Waals surface area (Å²) in [5.41, 5.74) is 4.29. The van der Waals surface area contributed by atoms with Crippen LogP contribution in [0.25, 0.3) is 22.0 Å². The van der Waals surface area contributed by atoms with E-state index in [-0.39, 0.29) is 24.7 Å². The van der Waals surface area contributed by atoms with Crippen LogP contribution in [-0.4, -0.2) is 49.0 Å². The third-order valence-corrected chi connectivity index (χ3v) is 6.26. The summed E-state index contributed by atoms with van der Waals surface area (Å²) in [5, 5.41) is 14.0. The first kappa shape index (κ1) is 26.1. The zero-order valence-corrected chi connectivity index (χ0v) is 21.7. The van der Waals surface area contributed by atoms with E-state index in [9.17, 15) is 9.90 Å². The van der Waals surface area contributed by atoms with Crippen molar-refractivity contribution in [1.82, 2.24) is 10.3 Å². The van der Waals surface area contributed by atoms with Crippen LogP contribution in [0.2, 0.25) is 0 Å². The van der Waals surface area contributed by atoms with E-state index in [1.807, 2.05) is 74.6 Å². The lowest BCUT2D eigenvalue weighted by atomic mass is 9.99. The summed E-state index contributed by atoms with van der Waals surface area (Å²) < 4.78 is 16.8. The van der Waals surface area contributed by atoms with E-state index in [1.54, 1.807) is 14.2 Å². The Hall–Kier alpha value is -3.97. The SMILES string of the molecule is COc1ccc(-c2ccc(OC(C)C)c(C(=O)N[C@@H](CCO)Cc3c[nH]c4ccccc34)c2)cc1OC. The molecule has 3 N–H and O–H groups in total. The fraction of sp³-hybridized carbons (Fsp3) is 0.300. The number of benzene rings is 3. The summed E-state index contributed by atoms with van der Waals surface area (Å²) in [4.78, 5) is 16.9. The number of amides is 1. The van der Waals surface area contributed by atoms with Crippen molar-refractivity contribution in [2.75, 3.05) is 20.8 Å². The Morgan fingerprint density at radius 2 is 1.65 bits per heavy atom. The predicted octanol–water partition coefficient (Wildman–Crippen LogP) is 5.36. The molecular formula is C30H34N2O5. The second-order valence-electron chi connectivity index (χ2n) is 9.19. The Morgan fingerprint density at radius 3 is 2.35 bits per heavy atom. The van der Waals surface area contributed by atoms with Crippen molar-refractivity contribution in [2.45, 2.75) is 38.8 Å². The molecule has 0 aliphatic rings. The van der Waals surface area contributed by atoms with Crippen molar-refractivity contribution < 1.29 is 24.1 Å². The van der Waals surface area contributed by atoms with Gasteiger partial charge >= 0.3 is 0 Å². The number of aliphatic hydroxyl groups is 1. The van der Waals surface area contributed by atoms with Crippen LogP contribution in [0.3, 0.4) is 0 Å². The van der Waals surface area contributed by atoms with Gasteiger partial charge in [-0.1, -0.05) is 30.3 Å². The third-order valence-electron chi connectivity index (χ3n) is 6.26. The van der Waals surface area contributed by atoms with Crippen LogP contribution in [0.5, 0.6) is 17.2 Å². The lowest BCUT2D eigenvalue weighted by Crippen LogP contribution is -2.37. The number of aliphatic hydroxyl groups excluding tert-OH is 1. The van der Waals surface area contributed by atoms with Gasteiger partial charge in [0.15, 0.2) is 11.5 Å². The molecular weight excluding hydrogens is 468 g/mol. The van der Waals surface area contributed by atoms with Gasteiger partial charge in [-0.05, 0) is 73.7 Å². The average molecular weight is 503 g/mol. The van der Waals surface area contributed by atoms with E-state index >= 15 is 0 Å². The van der Waals surface area contributed by atoms with Gasteiger partial charge in [-0.2, -0.15) is 0 Å².